The number of aromatic nitrogens is 2. The van der Waals surface area contributed by atoms with Crippen molar-refractivity contribution in [2.45, 2.75) is 44.3 Å². The largest absolute Gasteiger partial charge is 0.497 e. The van der Waals surface area contributed by atoms with E-state index in [1.807, 2.05) is 55.5 Å². The van der Waals surface area contributed by atoms with Crippen LogP contribution in [-0.2, 0) is 5.60 Å². The number of ether oxygens (including phenoxy) is 1. The van der Waals surface area contributed by atoms with Gasteiger partial charge in [0.2, 0.25) is 0 Å². The number of aliphatic hydroxyl groups is 2. The van der Waals surface area contributed by atoms with Gasteiger partial charge in [-0.1, -0.05) is 41.4 Å². The molecule has 0 aliphatic heterocycles. The molecule has 0 saturated heterocycles. The zero-order valence-electron chi connectivity index (χ0n) is 16.6. The number of rotatable bonds is 4. The second-order valence-electron chi connectivity index (χ2n) is 7.75. The Balaban J connectivity index is 1.87. The summed E-state index contributed by atoms with van der Waals surface area (Å²) in [7, 11) is 1.63. The SMILES string of the molecule is COc1ccc(-n2nc([C@]3(O)CC[C@H](O)CC3)c(Cl)c2-c2ccc(C)cc2)cc1. The van der Waals surface area contributed by atoms with Gasteiger partial charge in [0.1, 0.15) is 17.0 Å². The van der Waals surface area contributed by atoms with E-state index in [1.54, 1.807) is 11.8 Å². The molecular weight excluding hydrogens is 388 g/mol. The molecule has 1 aliphatic rings. The average molecular weight is 413 g/mol. The summed E-state index contributed by atoms with van der Waals surface area (Å²) in [6.45, 7) is 2.04. The molecule has 1 saturated carbocycles. The van der Waals surface area contributed by atoms with Crippen molar-refractivity contribution >= 4 is 11.6 Å². The maximum Gasteiger partial charge on any atom is 0.119 e. The molecule has 29 heavy (non-hydrogen) atoms. The van der Waals surface area contributed by atoms with Crippen molar-refractivity contribution in [2.24, 2.45) is 0 Å². The second-order valence-corrected chi connectivity index (χ2v) is 8.13. The Kier molecular flexibility index (Phi) is 5.38. The molecule has 152 valence electrons. The molecule has 0 bridgehead atoms. The van der Waals surface area contributed by atoms with Crippen LogP contribution in [0.1, 0.15) is 36.9 Å². The lowest BCUT2D eigenvalue weighted by Gasteiger charge is -2.33. The zero-order chi connectivity index (χ0) is 20.6. The number of nitrogens with zero attached hydrogens (tertiary/aromatic N) is 2. The molecule has 0 amide bonds. The summed E-state index contributed by atoms with van der Waals surface area (Å²) < 4.78 is 7.05. The van der Waals surface area contributed by atoms with Crippen LogP contribution < -0.4 is 4.74 Å². The number of aliphatic hydroxyl groups excluding tert-OH is 1. The van der Waals surface area contributed by atoms with Crippen LogP contribution in [0.25, 0.3) is 16.9 Å². The molecule has 0 spiro atoms. The average Bonchev–Trinajstić information content (AvgIpc) is 3.09. The summed E-state index contributed by atoms with van der Waals surface area (Å²) in [6.07, 6.45) is 1.54. The van der Waals surface area contributed by atoms with Crippen molar-refractivity contribution in [1.82, 2.24) is 9.78 Å². The topological polar surface area (TPSA) is 67.5 Å². The van der Waals surface area contributed by atoms with E-state index < -0.39 is 5.60 Å². The lowest BCUT2D eigenvalue weighted by Crippen LogP contribution is -2.34. The number of methoxy groups -OCH3 is 1. The van der Waals surface area contributed by atoms with Crippen LogP contribution in [0.3, 0.4) is 0 Å². The third-order valence-corrected chi connectivity index (χ3v) is 6.05. The van der Waals surface area contributed by atoms with Crippen LogP contribution in [0.2, 0.25) is 5.02 Å². The first-order chi connectivity index (χ1) is 13.9. The van der Waals surface area contributed by atoms with Crippen LogP contribution in [0.4, 0.5) is 0 Å². The summed E-state index contributed by atoms with van der Waals surface area (Å²) >= 11 is 6.84. The van der Waals surface area contributed by atoms with Crippen LogP contribution in [0, 0.1) is 6.92 Å². The minimum atomic E-state index is -1.15. The first-order valence-corrected chi connectivity index (χ1v) is 10.2. The lowest BCUT2D eigenvalue weighted by atomic mass is 9.81. The molecule has 5 nitrogen and oxygen atoms in total. The van der Waals surface area contributed by atoms with E-state index in [4.69, 9.17) is 21.4 Å². The second kappa shape index (κ2) is 7.82. The van der Waals surface area contributed by atoms with Gasteiger partial charge in [-0.25, -0.2) is 4.68 Å². The summed E-state index contributed by atoms with van der Waals surface area (Å²) in [4.78, 5) is 0. The quantitative estimate of drug-likeness (QED) is 0.655. The Morgan fingerprint density at radius 1 is 1.07 bits per heavy atom. The number of hydrogen-bond donors (Lipinski definition) is 2. The first kappa shape index (κ1) is 20.0. The van der Waals surface area contributed by atoms with Gasteiger partial charge in [0, 0.05) is 5.56 Å². The molecule has 1 heterocycles. The van der Waals surface area contributed by atoms with Crippen LogP contribution >= 0.6 is 11.6 Å². The summed E-state index contributed by atoms with van der Waals surface area (Å²) in [5.74, 6) is 0.754. The summed E-state index contributed by atoms with van der Waals surface area (Å²) in [5.41, 5.74) is 2.97. The maximum atomic E-state index is 11.3. The highest BCUT2D eigenvalue weighted by molar-refractivity contribution is 6.34. The third-order valence-electron chi connectivity index (χ3n) is 5.69. The van der Waals surface area contributed by atoms with Crippen molar-refractivity contribution < 1.29 is 14.9 Å². The molecule has 4 rings (SSSR count). The molecule has 0 atom stereocenters. The molecule has 1 aliphatic carbocycles. The fourth-order valence-corrected chi connectivity index (χ4v) is 4.29. The molecule has 0 unspecified atom stereocenters. The molecule has 6 heteroatoms. The van der Waals surface area contributed by atoms with E-state index >= 15 is 0 Å². The fraction of sp³-hybridized carbons (Fsp3) is 0.348. The fourth-order valence-electron chi connectivity index (χ4n) is 3.88. The standard InChI is InChI=1S/C23H25ClN2O3/c1-15-3-5-16(6-4-15)21-20(24)22(23(28)13-11-18(27)12-14-23)25-26(21)17-7-9-19(29-2)10-8-17/h3-10,18,27-28H,11-14H2,1-2H3/t18-,23-. The number of hydrogen-bond acceptors (Lipinski definition) is 4. The third kappa shape index (κ3) is 3.78. The Morgan fingerprint density at radius 3 is 2.28 bits per heavy atom. The highest BCUT2D eigenvalue weighted by atomic mass is 35.5. The van der Waals surface area contributed by atoms with Crippen molar-refractivity contribution in [3.63, 3.8) is 0 Å². The van der Waals surface area contributed by atoms with E-state index in [0.29, 0.717) is 36.4 Å². The number of benzene rings is 2. The van der Waals surface area contributed by atoms with Gasteiger partial charge in [-0.2, -0.15) is 5.10 Å². The monoisotopic (exact) mass is 412 g/mol. The predicted octanol–water partition coefficient (Wildman–Crippen LogP) is 4.63. The highest BCUT2D eigenvalue weighted by Gasteiger charge is 2.39. The van der Waals surface area contributed by atoms with Crippen molar-refractivity contribution in [3.05, 3.63) is 64.8 Å². The van der Waals surface area contributed by atoms with Crippen LogP contribution in [0.15, 0.2) is 48.5 Å². The van der Waals surface area contributed by atoms with Gasteiger partial charge in [0.25, 0.3) is 0 Å². The van der Waals surface area contributed by atoms with E-state index in [2.05, 4.69) is 0 Å². The zero-order valence-corrected chi connectivity index (χ0v) is 17.4. The van der Waals surface area contributed by atoms with E-state index in [0.717, 1.165) is 28.3 Å². The highest BCUT2D eigenvalue weighted by Crippen LogP contribution is 2.43. The molecule has 3 aromatic rings. The molecule has 1 aromatic heterocycles. The van der Waals surface area contributed by atoms with Gasteiger partial charge in [-0.15, -0.1) is 0 Å². The van der Waals surface area contributed by atoms with E-state index in [9.17, 15) is 10.2 Å². The van der Waals surface area contributed by atoms with Gasteiger partial charge in [0.05, 0.1) is 29.6 Å². The van der Waals surface area contributed by atoms with E-state index in [1.165, 1.54) is 0 Å². The summed E-state index contributed by atoms with van der Waals surface area (Å²) in [5, 5.41) is 26.4. The summed E-state index contributed by atoms with van der Waals surface area (Å²) in [6, 6.07) is 15.7. The molecule has 1 fully saturated rings. The predicted molar refractivity (Wildman–Crippen MR) is 114 cm³/mol. The Labute approximate surface area is 175 Å². The van der Waals surface area contributed by atoms with Crippen molar-refractivity contribution in [3.8, 4) is 22.7 Å². The van der Waals surface area contributed by atoms with Gasteiger partial charge >= 0.3 is 0 Å². The normalized spacial score (nSPS) is 21.9. The van der Waals surface area contributed by atoms with Gasteiger partial charge < -0.3 is 14.9 Å². The van der Waals surface area contributed by atoms with Crippen molar-refractivity contribution in [2.75, 3.05) is 7.11 Å². The Bertz CT molecular complexity index is 988. The van der Waals surface area contributed by atoms with Crippen LogP contribution in [0.5, 0.6) is 5.75 Å². The Hall–Kier alpha value is -2.34. The molecule has 0 radical (unpaired) electrons. The van der Waals surface area contributed by atoms with Gasteiger partial charge in [0.15, 0.2) is 0 Å². The number of halogens is 1. The molecule has 2 aromatic carbocycles. The smallest absolute Gasteiger partial charge is 0.119 e. The van der Waals surface area contributed by atoms with Gasteiger partial charge in [-0.05, 0) is 56.9 Å². The molecular formula is C23H25ClN2O3. The van der Waals surface area contributed by atoms with E-state index in [-0.39, 0.29) is 6.10 Å². The Morgan fingerprint density at radius 2 is 1.69 bits per heavy atom. The lowest BCUT2D eigenvalue weighted by molar-refractivity contribution is -0.0392. The maximum absolute atomic E-state index is 11.3. The van der Waals surface area contributed by atoms with Gasteiger partial charge in [-0.3, -0.25) is 0 Å². The van der Waals surface area contributed by atoms with Crippen LogP contribution in [-0.4, -0.2) is 33.2 Å². The minimum absolute atomic E-state index is 0.380. The molecule has 2 N–H and O–H groups in total. The first-order valence-electron chi connectivity index (χ1n) is 9.82. The van der Waals surface area contributed by atoms with Crippen molar-refractivity contribution in [1.29, 1.82) is 0 Å². The number of aryl methyl sites for hydroxylation is 1. The minimum Gasteiger partial charge on any atom is -0.497 e.